The number of hydrogen-bond acceptors (Lipinski definition) is 4. The Labute approximate surface area is 168 Å². The van der Waals surface area contributed by atoms with E-state index in [1.165, 1.54) is 0 Å². The van der Waals surface area contributed by atoms with Crippen LogP contribution in [0.2, 0.25) is 5.02 Å². The molecule has 0 fully saturated rings. The second kappa shape index (κ2) is 7.66. The lowest BCUT2D eigenvalue weighted by molar-refractivity contribution is 0.0677. The van der Waals surface area contributed by atoms with E-state index in [4.69, 9.17) is 21.1 Å². The van der Waals surface area contributed by atoms with Gasteiger partial charge in [0.15, 0.2) is 0 Å². The zero-order chi connectivity index (χ0) is 19.7. The van der Waals surface area contributed by atoms with Crippen LogP contribution in [0.1, 0.15) is 27.7 Å². The number of halogens is 1. The van der Waals surface area contributed by atoms with Gasteiger partial charge >= 0.3 is 0 Å². The van der Waals surface area contributed by atoms with Crippen molar-refractivity contribution in [3.63, 3.8) is 0 Å². The van der Waals surface area contributed by atoms with E-state index in [1.807, 2.05) is 48.5 Å². The molecular formula is C21H20ClN3O3. The fourth-order valence-electron chi connectivity index (χ4n) is 3.61. The van der Waals surface area contributed by atoms with E-state index in [0.29, 0.717) is 23.9 Å². The number of carbonyl (C=O) groups is 1. The number of ether oxygens (including phenoxy) is 2. The average Bonchev–Trinajstić information content (AvgIpc) is 3.25. The van der Waals surface area contributed by atoms with Gasteiger partial charge in [0.2, 0.25) is 0 Å². The largest absolute Gasteiger partial charge is 0.497 e. The fraction of sp³-hybridized carbons (Fsp3) is 0.238. The van der Waals surface area contributed by atoms with Crippen LogP contribution in [0, 0.1) is 0 Å². The first-order valence-corrected chi connectivity index (χ1v) is 9.30. The van der Waals surface area contributed by atoms with E-state index in [2.05, 4.69) is 10.2 Å². The molecule has 7 heteroatoms. The highest BCUT2D eigenvalue weighted by molar-refractivity contribution is 6.30. The molecule has 2 heterocycles. The maximum Gasteiger partial charge on any atom is 0.273 e. The normalized spacial score (nSPS) is 15.8. The van der Waals surface area contributed by atoms with E-state index in [0.717, 1.165) is 28.1 Å². The number of nitrogens with zero attached hydrogens (tertiary/aromatic N) is 2. The van der Waals surface area contributed by atoms with Crippen LogP contribution in [0.4, 0.5) is 0 Å². The zero-order valence-electron chi connectivity index (χ0n) is 15.6. The number of aromatic nitrogens is 2. The monoisotopic (exact) mass is 397 g/mol. The number of fused-ring (bicyclic) bond motifs is 1. The topological polar surface area (TPSA) is 67.5 Å². The molecule has 4 rings (SSSR count). The summed E-state index contributed by atoms with van der Waals surface area (Å²) in [6.07, 6.45) is 0. The van der Waals surface area contributed by atoms with E-state index < -0.39 is 0 Å². The summed E-state index contributed by atoms with van der Waals surface area (Å²) in [5.41, 5.74) is 3.95. The van der Waals surface area contributed by atoms with Gasteiger partial charge in [0.05, 0.1) is 25.5 Å². The molecule has 1 aliphatic heterocycles. The van der Waals surface area contributed by atoms with E-state index in [1.54, 1.807) is 19.1 Å². The number of H-pyrrole nitrogens is 1. The molecule has 0 bridgehead atoms. The summed E-state index contributed by atoms with van der Waals surface area (Å²) in [5, 5.41) is 8.01. The van der Waals surface area contributed by atoms with Crippen LogP contribution in [-0.2, 0) is 4.74 Å². The molecule has 0 saturated carbocycles. The van der Waals surface area contributed by atoms with Crippen molar-refractivity contribution in [2.75, 3.05) is 27.4 Å². The minimum absolute atomic E-state index is 0.0933. The molecule has 1 aliphatic rings. The van der Waals surface area contributed by atoms with Crippen molar-refractivity contribution in [3.8, 4) is 17.0 Å². The SMILES string of the molecule is COCCN1C(=O)c2[nH]nc(-c3ccc(OC)cc3)c2C1c1cccc(Cl)c1. The van der Waals surface area contributed by atoms with Gasteiger partial charge in [0, 0.05) is 29.8 Å². The zero-order valence-corrected chi connectivity index (χ0v) is 16.4. The molecule has 0 saturated heterocycles. The average molecular weight is 398 g/mol. The van der Waals surface area contributed by atoms with Crippen LogP contribution in [0.25, 0.3) is 11.3 Å². The molecule has 0 radical (unpaired) electrons. The molecular weight excluding hydrogens is 378 g/mol. The van der Waals surface area contributed by atoms with Crippen LogP contribution in [0.3, 0.4) is 0 Å². The molecule has 1 unspecified atom stereocenters. The van der Waals surface area contributed by atoms with Crippen LogP contribution in [-0.4, -0.2) is 48.4 Å². The molecule has 6 nitrogen and oxygen atoms in total. The van der Waals surface area contributed by atoms with Gasteiger partial charge in [-0.2, -0.15) is 5.10 Å². The standard InChI is InChI=1S/C21H20ClN3O3/c1-27-11-10-25-20(14-4-3-5-15(22)12-14)17-18(23-24-19(17)21(25)26)13-6-8-16(28-2)9-7-13/h3-9,12,20H,10-11H2,1-2H3,(H,23,24). The Morgan fingerprint density at radius 3 is 2.64 bits per heavy atom. The minimum Gasteiger partial charge on any atom is -0.497 e. The number of rotatable bonds is 6. The van der Waals surface area contributed by atoms with E-state index in [9.17, 15) is 4.79 Å². The molecule has 1 atom stereocenters. The van der Waals surface area contributed by atoms with Gasteiger partial charge in [-0.25, -0.2) is 0 Å². The summed E-state index contributed by atoms with van der Waals surface area (Å²) in [6, 6.07) is 14.9. The Bertz CT molecular complexity index is 1000. The second-order valence-corrected chi connectivity index (χ2v) is 6.97. The molecule has 144 valence electrons. The van der Waals surface area contributed by atoms with Gasteiger partial charge in [-0.1, -0.05) is 23.7 Å². The van der Waals surface area contributed by atoms with Gasteiger partial charge in [-0.05, 0) is 42.0 Å². The van der Waals surface area contributed by atoms with Gasteiger partial charge in [0.25, 0.3) is 5.91 Å². The van der Waals surface area contributed by atoms with Crippen molar-refractivity contribution in [3.05, 3.63) is 70.4 Å². The van der Waals surface area contributed by atoms with Gasteiger partial charge in [0.1, 0.15) is 11.4 Å². The van der Waals surface area contributed by atoms with Crippen LogP contribution < -0.4 is 4.74 Å². The predicted octanol–water partition coefficient (Wildman–Crippen LogP) is 3.93. The number of aromatic amines is 1. The highest BCUT2D eigenvalue weighted by Crippen LogP contribution is 2.43. The van der Waals surface area contributed by atoms with Crippen LogP contribution >= 0.6 is 11.6 Å². The number of benzene rings is 2. The number of nitrogens with one attached hydrogen (secondary N) is 1. The van der Waals surface area contributed by atoms with Crippen LogP contribution in [0.5, 0.6) is 5.75 Å². The first kappa shape index (κ1) is 18.5. The van der Waals surface area contributed by atoms with E-state index >= 15 is 0 Å². The third-order valence-corrected chi connectivity index (χ3v) is 5.16. The summed E-state index contributed by atoms with van der Waals surface area (Å²) < 4.78 is 10.5. The summed E-state index contributed by atoms with van der Waals surface area (Å²) in [6.45, 7) is 0.912. The number of methoxy groups -OCH3 is 2. The Balaban J connectivity index is 1.84. The van der Waals surface area contributed by atoms with Crippen molar-refractivity contribution < 1.29 is 14.3 Å². The predicted molar refractivity (Wildman–Crippen MR) is 107 cm³/mol. The lowest BCUT2D eigenvalue weighted by Crippen LogP contribution is -2.32. The first-order chi connectivity index (χ1) is 13.6. The van der Waals surface area contributed by atoms with Gasteiger partial charge < -0.3 is 14.4 Å². The Kier molecular flexibility index (Phi) is 5.07. The Morgan fingerprint density at radius 2 is 1.96 bits per heavy atom. The van der Waals surface area contributed by atoms with Crippen molar-refractivity contribution in [1.82, 2.24) is 15.1 Å². The molecule has 1 amide bonds. The highest BCUT2D eigenvalue weighted by atomic mass is 35.5. The summed E-state index contributed by atoms with van der Waals surface area (Å²) in [4.78, 5) is 14.9. The third kappa shape index (κ3) is 3.15. The van der Waals surface area contributed by atoms with Crippen molar-refractivity contribution in [2.24, 2.45) is 0 Å². The summed E-state index contributed by atoms with van der Waals surface area (Å²) in [7, 11) is 3.25. The molecule has 28 heavy (non-hydrogen) atoms. The molecule has 3 aromatic rings. The highest BCUT2D eigenvalue weighted by Gasteiger charge is 2.41. The fourth-order valence-corrected chi connectivity index (χ4v) is 3.81. The maximum atomic E-state index is 13.1. The lowest BCUT2D eigenvalue weighted by atomic mass is 9.96. The van der Waals surface area contributed by atoms with Crippen LogP contribution in [0.15, 0.2) is 48.5 Å². The lowest BCUT2D eigenvalue weighted by Gasteiger charge is -2.26. The summed E-state index contributed by atoms with van der Waals surface area (Å²) in [5.74, 6) is 0.671. The molecule has 0 spiro atoms. The Morgan fingerprint density at radius 1 is 1.18 bits per heavy atom. The number of carbonyl (C=O) groups excluding carboxylic acids is 1. The van der Waals surface area contributed by atoms with Crippen molar-refractivity contribution in [2.45, 2.75) is 6.04 Å². The molecule has 1 aromatic heterocycles. The third-order valence-electron chi connectivity index (χ3n) is 4.93. The molecule has 1 N–H and O–H groups in total. The van der Waals surface area contributed by atoms with Gasteiger partial charge in [-0.3, -0.25) is 9.89 Å². The number of amides is 1. The molecule has 0 aliphatic carbocycles. The quantitative estimate of drug-likeness (QED) is 0.684. The number of hydrogen-bond donors (Lipinski definition) is 1. The van der Waals surface area contributed by atoms with E-state index in [-0.39, 0.29) is 11.9 Å². The second-order valence-electron chi connectivity index (χ2n) is 6.54. The van der Waals surface area contributed by atoms with Crippen molar-refractivity contribution >= 4 is 17.5 Å². The van der Waals surface area contributed by atoms with Crippen molar-refractivity contribution in [1.29, 1.82) is 0 Å². The minimum atomic E-state index is -0.285. The van der Waals surface area contributed by atoms with Gasteiger partial charge in [-0.15, -0.1) is 0 Å². The molecule has 2 aromatic carbocycles. The smallest absolute Gasteiger partial charge is 0.273 e. The summed E-state index contributed by atoms with van der Waals surface area (Å²) >= 11 is 6.24. The maximum absolute atomic E-state index is 13.1. The Hall–Kier alpha value is -2.83. The first-order valence-electron chi connectivity index (χ1n) is 8.92.